The van der Waals surface area contributed by atoms with Crippen molar-refractivity contribution < 1.29 is 14.0 Å². The third kappa shape index (κ3) is 4.09. The number of halogens is 1. The fourth-order valence-electron chi connectivity index (χ4n) is 3.23. The van der Waals surface area contributed by atoms with E-state index in [4.69, 9.17) is 0 Å². The molecule has 154 valence electrons. The molecule has 1 N–H and O–H groups in total. The average Bonchev–Trinajstić information content (AvgIpc) is 3.41. The van der Waals surface area contributed by atoms with Gasteiger partial charge in [0.1, 0.15) is 11.9 Å². The number of aromatic nitrogens is 2. The minimum atomic E-state index is -0.569. The first kappa shape index (κ1) is 20.2. The molecule has 1 aliphatic heterocycles. The van der Waals surface area contributed by atoms with Gasteiger partial charge in [-0.3, -0.25) is 9.59 Å². The molecule has 0 radical (unpaired) electrons. The monoisotopic (exact) mass is 424 g/mol. The number of carbonyl (C=O) groups excluding carboxylic acids is 2. The van der Waals surface area contributed by atoms with Crippen LogP contribution in [0.3, 0.4) is 0 Å². The Morgan fingerprint density at radius 1 is 1.10 bits per heavy atom. The molecule has 2 amide bonds. The van der Waals surface area contributed by atoms with Crippen LogP contribution < -0.4 is 5.32 Å². The van der Waals surface area contributed by atoms with E-state index in [2.05, 4.69) is 10.4 Å². The van der Waals surface area contributed by atoms with Crippen LogP contribution in [0.2, 0.25) is 0 Å². The molecule has 6 nitrogen and oxygen atoms in total. The molecule has 2 heterocycles. The average molecular weight is 425 g/mol. The van der Waals surface area contributed by atoms with Gasteiger partial charge >= 0.3 is 0 Å². The van der Waals surface area contributed by atoms with Crippen molar-refractivity contribution in [3.63, 3.8) is 0 Å². The third-order valence-corrected chi connectivity index (χ3v) is 6.13. The molecule has 1 atom stereocenters. The number of anilines is 1. The molecule has 8 heteroatoms. The van der Waals surface area contributed by atoms with E-state index in [1.807, 2.05) is 32.0 Å². The summed E-state index contributed by atoms with van der Waals surface area (Å²) < 4.78 is 14.6. The van der Waals surface area contributed by atoms with E-state index in [1.54, 1.807) is 29.3 Å². The first-order valence-corrected chi connectivity index (χ1v) is 10.7. The van der Waals surface area contributed by atoms with E-state index in [0.717, 1.165) is 11.1 Å². The molecule has 30 heavy (non-hydrogen) atoms. The van der Waals surface area contributed by atoms with Crippen molar-refractivity contribution in [3.05, 3.63) is 77.4 Å². The van der Waals surface area contributed by atoms with Gasteiger partial charge in [-0.2, -0.15) is 5.10 Å². The molecule has 2 aromatic carbocycles. The van der Waals surface area contributed by atoms with Crippen LogP contribution in [0.4, 0.5) is 10.1 Å². The Morgan fingerprint density at radius 2 is 1.87 bits per heavy atom. The van der Waals surface area contributed by atoms with Gasteiger partial charge in [-0.25, -0.2) is 9.07 Å². The van der Waals surface area contributed by atoms with Crippen molar-refractivity contribution in [2.45, 2.75) is 19.9 Å². The Morgan fingerprint density at radius 3 is 2.60 bits per heavy atom. The van der Waals surface area contributed by atoms with E-state index in [9.17, 15) is 14.0 Å². The van der Waals surface area contributed by atoms with Gasteiger partial charge in [0.15, 0.2) is 5.69 Å². The molecule has 0 saturated carbocycles. The molecule has 0 spiro atoms. The van der Waals surface area contributed by atoms with Crippen LogP contribution in [-0.2, 0) is 4.79 Å². The van der Waals surface area contributed by atoms with Gasteiger partial charge in [-0.15, -0.1) is 11.8 Å². The van der Waals surface area contributed by atoms with Crippen LogP contribution >= 0.6 is 11.8 Å². The SMILES string of the molecule is Cc1ccc(NC(=O)C2CSCN2C(=O)c2ccn(-c3ccc(F)cc3)n2)cc1C. The zero-order chi connectivity index (χ0) is 21.3. The molecule has 0 aliphatic carbocycles. The minimum absolute atomic E-state index is 0.213. The van der Waals surface area contributed by atoms with Crippen LogP contribution in [0.25, 0.3) is 5.69 Å². The molecule has 1 unspecified atom stereocenters. The van der Waals surface area contributed by atoms with Crippen LogP contribution in [-0.4, -0.2) is 44.2 Å². The second-order valence-electron chi connectivity index (χ2n) is 7.20. The number of hydrogen-bond acceptors (Lipinski definition) is 4. The lowest BCUT2D eigenvalue weighted by molar-refractivity contribution is -0.119. The minimum Gasteiger partial charge on any atom is -0.324 e. The summed E-state index contributed by atoms with van der Waals surface area (Å²) >= 11 is 1.53. The van der Waals surface area contributed by atoms with Crippen molar-refractivity contribution >= 4 is 29.3 Å². The number of nitrogens with zero attached hydrogens (tertiary/aromatic N) is 3. The lowest BCUT2D eigenvalue weighted by atomic mass is 10.1. The van der Waals surface area contributed by atoms with Crippen LogP contribution in [0.1, 0.15) is 21.6 Å². The zero-order valence-corrected chi connectivity index (χ0v) is 17.4. The highest BCUT2D eigenvalue weighted by atomic mass is 32.2. The van der Waals surface area contributed by atoms with E-state index >= 15 is 0 Å². The number of aryl methyl sites for hydroxylation is 2. The lowest BCUT2D eigenvalue weighted by Crippen LogP contribution is -2.44. The van der Waals surface area contributed by atoms with Gasteiger partial charge in [0.2, 0.25) is 5.91 Å². The van der Waals surface area contributed by atoms with Crippen LogP contribution in [0.5, 0.6) is 0 Å². The predicted octanol–water partition coefficient (Wildman–Crippen LogP) is 3.78. The van der Waals surface area contributed by atoms with E-state index in [0.29, 0.717) is 23.0 Å². The van der Waals surface area contributed by atoms with Crippen molar-refractivity contribution in [2.24, 2.45) is 0 Å². The molecule has 4 rings (SSSR count). The third-order valence-electron chi connectivity index (χ3n) is 5.12. The first-order chi connectivity index (χ1) is 14.4. The van der Waals surface area contributed by atoms with Gasteiger partial charge < -0.3 is 10.2 Å². The number of carbonyl (C=O) groups is 2. The fraction of sp³-hybridized carbons (Fsp3) is 0.227. The van der Waals surface area contributed by atoms with Crippen LogP contribution in [0, 0.1) is 19.7 Å². The highest BCUT2D eigenvalue weighted by Gasteiger charge is 2.36. The van der Waals surface area contributed by atoms with Gasteiger partial charge in [0.25, 0.3) is 5.91 Å². The predicted molar refractivity (Wildman–Crippen MR) is 115 cm³/mol. The molecular weight excluding hydrogens is 403 g/mol. The summed E-state index contributed by atoms with van der Waals surface area (Å²) in [4.78, 5) is 27.4. The molecule has 1 saturated heterocycles. The van der Waals surface area contributed by atoms with E-state index < -0.39 is 6.04 Å². The largest absolute Gasteiger partial charge is 0.324 e. The van der Waals surface area contributed by atoms with Crippen LogP contribution in [0.15, 0.2) is 54.7 Å². The van der Waals surface area contributed by atoms with Gasteiger partial charge in [0.05, 0.1) is 11.6 Å². The summed E-state index contributed by atoms with van der Waals surface area (Å²) in [6, 6.07) is 12.6. The topological polar surface area (TPSA) is 67.2 Å². The Balaban J connectivity index is 1.48. The number of rotatable bonds is 4. The molecule has 3 aromatic rings. The quantitative estimate of drug-likeness (QED) is 0.692. The maximum absolute atomic E-state index is 13.1. The number of thioether (sulfide) groups is 1. The van der Waals surface area contributed by atoms with Crippen molar-refractivity contribution in [2.75, 3.05) is 16.9 Å². The van der Waals surface area contributed by atoms with Crippen molar-refractivity contribution in [1.29, 1.82) is 0 Å². The highest BCUT2D eigenvalue weighted by Crippen LogP contribution is 2.25. The lowest BCUT2D eigenvalue weighted by Gasteiger charge is -2.22. The second kappa shape index (κ2) is 8.31. The summed E-state index contributed by atoms with van der Waals surface area (Å²) in [5, 5.41) is 7.23. The molecular formula is C22H21FN4O2S. The molecule has 1 fully saturated rings. The molecule has 1 aliphatic rings. The fourth-order valence-corrected chi connectivity index (χ4v) is 4.38. The molecule has 0 bridgehead atoms. The normalized spacial score (nSPS) is 16.0. The van der Waals surface area contributed by atoms with E-state index in [1.165, 1.54) is 28.6 Å². The summed E-state index contributed by atoms with van der Waals surface area (Å²) in [6.45, 7) is 4.00. The second-order valence-corrected chi connectivity index (χ2v) is 8.20. The Labute approximate surface area is 178 Å². The van der Waals surface area contributed by atoms with E-state index in [-0.39, 0.29) is 23.3 Å². The summed E-state index contributed by atoms with van der Waals surface area (Å²) in [5.41, 5.74) is 3.85. The Hall–Kier alpha value is -3.13. The summed E-state index contributed by atoms with van der Waals surface area (Å²) in [5.74, 6) is 0.0959. The number of benzene rings is 2. The highest BCUT2D eigenvalue weighted by molar-refractivity contribution is 7.99. The van der Waals surface area contributed by atoms with Gasteiger partial charge in [0, 0.05) is 17.6 Å². The summed E-state index contributed by atoms with van der Waals surface area (Å²) in [7, 11) is 0. The number of nitrogens with one attached hydrogen (secondary N) is 1. The first-order valence-electron chi connectivity index (χ1n) is 9.51. The van der Waals surface area contributed by atoms with Gasteiger partial charge in [-0.05, 0) is 67.4 Å². The number of amides is 2. The smallest absolute Gasteiger partial charge is 0.275 e. The molecule has 1 aromatic heterocycles. The standard InChI is InChI=1S/C22H21FN4O2S/c1-14-3-6-17(11-15(14)2)24-21(28)20-12-30-13-26(20)22(29)19-9-10-27(25-19)18-7-4-16(23)5-8-18/h3-11,20H,12-13H2,1-2H3,(H,24,28). The van der Waals surface area contributed by atoms with Crippen molar-refractivity contribution in [1.82, 2.24) is 14.7 Å². The Bertz CT molecular complexity index is 1100. The zero-order valence-electron chi connectivity index (χ0n) is 16.6. The summed E-state index contributed by atoms with van der Waals surface area (Å²) in [6.07, 6.45) is 1.65. The van der Waals surface area contributed by atoms with Crippen molar-refractivity contribution in [3.8, 4) is 5.69 Å². The maximum atomic E-state index is 13.1. The number of hydrogen-bond donors (Lipinski definition) is 1. The maximum Gasteiger partial charge on any atom is 0.275 e. The Kier molecular flexibility index (Phi) is 5.59. The van der Waals surface area contributed by atoms with Gasteiger partial charge in [-0.1, -0.05) is 6.07 Å².